The lowest BCUT2D eigenvalue weighted by molar-refractivity contribution is -0.131. The summed E-state index contributed by atoms with van der Waals surface area (Å²) in [5.41, 5.74) is 3.52. The number of amides is 1. The van der Waals surface area contributed by atoms with Crippen LogP contribution < -0.4 is 5.32 Å². The van der Waals surface area contributed by atoms with Gasteiger partial charge in [0.15, 0.2) is 0 Å². The van der Waals surface area contributed by atoms with Crippen LogP contribution in [-0.4, -0.2) is 43.2 Å². The van der Waals surface area contributed by atoms with Crippen LogP contribution in [0.25, 0.3) is 0 Å². The molecule has 162 valence electrons. The van der Waals surface area contributed by atoms with E-state index in [1.54, 1.807) is 0 Å². The van der Waals surface area contributed by atoms with Gasteiger partial charge in [0.2, 0.25) is 5.91 Å². The summed E-state index contributed by atoms with van der Waals surface area (Å²) in [5.74, 6) is 0.0789. The fourth-order valence-corrected chi connectivity index (χ4v) is 5.41. The Balaban J connectivity index is 0.00000256. The molecular weight excluding hydrogens is 360 g/mol. The van der Waals surface area contributed by atoms with Crippen molar-refractivity contribution in [3.8, 4) is 0 Å². The zero-order chi connectivity index (χ0) is 20.5. The number of ether oxygens (including phenoxy) is 1. The highest BCUT2D eigenvalue weighted by molar-refractivity contribution is 5.81. The molecule has 29 heavy (non-hydrogen) atoms. The van der Waals surface area contributed by atoms with Crippen LogP contribution in [0.5, 0.6) is 0 Å². The van der Waals surface area contributed by atoms with E-state index in [-0.39, 0.29) is 19.5 Å². The highest BCUT2D eigenvalue weighted by Gasteiger charge is 2.42. The molecule has 0 aromatic heterocycles. The van der Waals surface area contributed by atoms with Crippen molar-refractivity contribution in [2.75, 3.05) is 26.2 Å². The van der Waals surface area contributed by atoms with Crippen molar-refractivity contribution < 1.29 is 11.0 Å². The van der Waals surface area contributed by atoms with Gasteiger partial charge < -0.3 is 15.0 Å². The number of nitrogens with one attached hydrogen (secondary N) is 1. The minimum absolute atomic E-state index is 0. The lowest BCUT2D eigenvalue weighted by Crippen LogP contribution is -2.47. The highest BCUT2D eigenvalue weighted by atomic mass is 16.5. The molecule has 1 aromatic carbocycles. The molecule has 4 nitrogen and oxygen atoms in total. The van der Waals surface area contributed by atoms with Gasteiger partial charge in [0, 0.05) is 8.03 Å². The first-order valence-electron chi connectivity index (χ1n) is 11.6. The first kappa shape index (κ1) is 20.9. The summed E-state index contributed by atoms with van der Waals surface area (Å²) in [6.07, 6.45) is 7.55. The Morgan fingerprint density at radius 1 is 1.21 bits per heavy atom. The van der Waals surface area contributed by atoms with Crippen molar-refractivity contribution in [2.24, 2.45) is 5.41 Å². The molecule has 2 heterocycles. The van der Waals surface area contributed by atoms with Crippen LogP contribution in [0.15, 0.2) is 24.3 Å². The van der Waals surface area contributed by atoms with Crippen LogP contribution >= 0.6 is 0 Å². The average molecular weight is 401 g/mol. The molecule has 3 aliphatic rings. The van der Waals surface area contributed by atoms with E-state index < -0.39 is 0 Å². The van der Waals surface area contributed by atoms with Crippen LogP contribution in [0, 0.1) is 5.41 Å². The molecule has 0 bridgehead atoms. The number of benzene rings is 1. The maximum atomic E-state index is 12.6. The zero-order valence-corrected chi connectivity index (χ0v) is 18.5. The van der Waals surface area contributed by atoms with Gasteiger partial charge in [0.25, 0.3) is 0 Å². The summed E-state index contributed by atoms with van der Waals surface area (Å²) < 4.78 is 5.60. The largest absolute Gasteiger partial charge is 0.368 e. The summed E-state index contributed by atoms with van der Waals surface area (Å²) in [4.78, 5) is 15.3. The third kappa shape index (κ3) is 4.69. The average Bonchev–Trinajstić information content (AvgIpc) is 3.24. The van der Waals surface area contributed by atoms with E-state index in [0.29, 0.717) is 17.4 Å². The standard InChI is InChI=1S/C25H38N2O2.H2/c1-24(2,3)12-15-27-16-13-25(14-17-27)11-10-21(19-7-4-5-8-20(19)25)26-23(28)22-9-6-18-29-22;/h4-5,7-8,21-22H,6,9-18H2,1-3H3,(H,26,28);1H/t21-,22?;/m1./s1. The summed E-state index contributed by atoms with van der Waals surface area (Å²) >= 11 is 0. The molecule has 1 aromatic rings. The third-order valence-electron chi connectivity index (χ3n) is 7.35. The minimum Gasteiger partial charge on any atom is -0.368 e. The maximum Gasteiger partial charge on any atom is 0.249 e. The second-order valence-electron chi connectivity index (χ2n) is 10.6. The van der Waals surface area contributed by atoms with E-state index in [2.05, 4.69) is 55.3 Å². The first-order valence-corrected chi connectivity index (χ1v) is 11.6. The van der Waals surface area contributed by atoms with Crippen LogP contribution in [0.2, 0.25) is 0 Å². The van der Waals surface area contributed by atoms with Gasteiger partial charge in [-0.15, -0.1) is 0 Å². The fourth-order valence-electron chi connectivity index (χ4n) is 5.41. The Kier molecular flexibility index (Phi) is 6.04. The van der Waals surface area contributed by atoms with E-state index in [4.69, 9.17) is 4.74 Å². The Bertz CT molecular complexity index is 716. The quantitative estimate of drug-likeness (QED) is 0.787. The molecule has 1 spiro atoms. The van der Waals surface area contributed by atoms with Crippen molar-refractivity contribution in [3.05, 3.63) is 35.4 Å². The molecule has 4 heteroatoms. The Morgan fingerprint density at radius 3 is 2.66 bits per heavy atom. The first-order chi connectivity index (χ1) is 13.9. The monoisotopic (exact) mass is 400 g/mol. The number of rotatable bonds is 4. The summed E-state index contributed by atoms with van der Waals surface area (Å²) in [6, 6.07) is 9.00. The predicted molar refractivity (Wildman–Crippen MR) is 119 cm³/mol. The molecule has 2 atom stereocenters. The Morgan fingerprint density at radius 2 is 1.97 bits per heavy atom. The van der Waals surface area contributed by atoms with Crippen LogP contribution in [-0.2, 0) is 14.9 Å². The lowest BCUT2D eigenvalue weighted by Gasteiger charge is -2.47. The molecule has 2 saturated heterocycles. The number of carbonyl (C=O) groups is 1. The molecule has 2 fully saturated rings. The number of hydrogen-bond acceptors (Lipinski definition) is 3. The van der Waals surface area contributed by atoms with Gasteiger partial charge in [-0.1, -0.05) is 45.0 Å². The van der Waals surface area contributed by atoms with Crippen molar-refractivity contribution in [1.29, 1.82) is 0 Å². The molecular formula is C25H40N2O2. The van der Waals surface area contributed by atoms with E-state index in [9.17, 15) is 4.79 Å². The van der Waals surface area contributed by atoms with E-state index in [1.165, 1.54) is 56.4 Å². The molecule has 1 amide bonds. The lowest BCUT2D eigenvalue weighted by atomic mass is 9.63. The number of likely N-dealkylation sites (tertiary alicyclic amines) is 1. The number of fused-ring (bicyclic) bond motifs is 2. The molecule has 0 saturated carbocycles. The van der Waals surface area contributed by atoms with Crippen LogP contribution in [0.4, 0.5) is 0 Å². The smallest absolute Gasteiger partial charge is 0.249 e. The second kappa shape index (κ2) is 8.39. The SMILES string of the molecule is CC(C)(C)CCN1CCC2(CC[C@@H](NC(=O)C3CCCO3)c3ccccc32)CC1.[HH]. The van der Waals surface area contributed by atoms with Gasteiger partial charge >= 0.3 is 0 Å². The molecule has 1 unspecified atom stereocenters. The third-order valence-corrected chi connectivity index (χ3v) is 7.35. The van der Waals surface area contributed by atoms with E-state index in [1.807, 2.05) is 0 Å². The van der Waals surface area contributed by atoms with Gasteiger partial charge in [-0.25, -0.2) is 0 Å². The number of carbonyl (C=O) groups excluding carboxylic acids is 1. The van der Waals surface area contributed by atoms with Crippen molar-refractivity contribution >= 4 is 5.91 Å². The zero-order valence-electron chi connectivity index (χ0n) is 18.5. The van der Waals surface area contributed by atoms with Crippen molar-refractivity contribution in [1.82, 2.24) is 10.2 Å². The van der Waals surface area contributed by atoms with Gasteiger partial charge in [-0.2, -0.15) is 0 Å². The number of piperidine rings is 1. The summed E-state index contributed by atoms with van der Waals surface area (Å²) in [6.45, 7) is 11.3. The van der Waals surface area contributed by atoms with Crippen molar-refractivity contribution in [2.45, 2.75) is 83.3 Å². The topological polar surface area (TPSA) is 41.6 Å². The minimum atomic E-state index is -0.246. The molecule has 2 aliphatic heterocycles. The number of hydrogen-bond donors (Lipinski definition) is 1. The summed E-state index contributed by atoms with van der Waals surface area (Å²) in [7, 11) is 0. The number of nitrogens with zero attached hydrogens (tertiary/aromatic N) is 1. The van der Waals surface area contributed by atoms with E-state index >= 15 is 0 Å². The van der Waals surface area contributed by atoms with Crippen LogP contribution in [0.3, 0.4) is 0 Å². The van der Waals surface area contributed by atoms with Crippen LogP contribution in [0.1, 0.15) is 84.3 Å². The van der Waals surface area contributed by atoms with Gasteiger partial charge in [0.1, 0.15) is 6.10 Å². The Labute approximate surface area is 177 Å². The molecule has 4 rings (SSSR count). The van der Waals surface area contributed by atoms with E-state index in [0.717, 1.165) is 19.3 Å². The molecule has 1 N–H and O–H groups in total. The fraction of sp³-hybridized carbons (Fsp3) is 0.720. The summed E-state index contributed by atoms with van der Waals surface area (Å²) in [5, 5.41) is 3.31. The van der Waals surface area contributed by atoms with Gasteiger partial charge in [-0.3, -0.25) is 4.79 Å². The molecule has 1 aliphatic carbocycles. The maximum absolute atomic E-state index is 12.6. The van der Waals surface area contributed by atoms with Gasteiger partial charge in [0.05, 0.1) is 6.04 Å². The van der Waals surface area contributed by atoms with Crippen molar-refractivity contribution in [3.63, 3.8) is 0 Å². The normalized spacial score (nSPS) is 27.0. The predicted octanol–water partition coefficient (Wildman–Crippen LogP) is 4.83. The van der Waals surface area contributed by atoms with Gasteiger partial charge in [-0.05, 0) is 86.5 Å². The second-order valence-corrected chi connectivity index (χ2v) is 10.6. The molecule has 0 radical (unpaired) electrons. The highest BCUT2D eigenvalue weighted by Crippen LogP contribution is 2.48. The Hall–Kier alpha value is -1.39.